The standard InChI is InChI=1S/C18H23N3O3/c1-23-15-5-7-16(8-6-15)24-12-2-3-18(22)20-14-4-9-17-19-10-11-21(17)13-14/h5-8,10-11,14H,2-4,9,12-13H2,1H3,(H,20,22). The van der Waals surface area contributed by atoms with E-state index in [1.165, 1.54) is 0 Å². The summed E-state index contributed by atoms with van der Waals surface area (Å²) < 4.78 is 12.8. The van der Waals surface area contributed by atoms with Crippen LogP contribution in [-0.4, -0.2) is 35.2 Å². The molecule has 1 atom stereocenters. The maximum absolute atomic E-state index is 12.0. The van der Waals surface area contributed by atoms with Crippen LogP contribution in [0.25, 0.3) is 0 Å². The second-order valence-electron chi connectivity index (χ2n) is 5.93. The fourth-order valence-corrected chi connectivity index (χ4v) is 2.88. The van der Waals surface area contributed by atoms with Crippen molar-refractivity contribution in [3.8, 4) is 11.5 Å². The lowest BCUT2D eigenvalue weighted by atomic mass is 10.1. The molecule has 0 spiro atoms. The molecular weight excluding hydrogens is 306 g/mol. The van der Waals surface area contributed by atoms with Crippen molar-refractivity contribution >= 4 is 5.91 Å². The van der Waals surface area contributed by atoms with Gasteiger partial charge in [-0.15, -0.1) is 0 Å². The van der Waals surface area contributed by atoms with E-state index in [0.717, 1.165) is 36.7 Å². The van der Waals surface area contributed by atoms with E-state index in [9.17, 15) is 4.79 Å². The molecule has 0 radical (unpaired) electrons. The van der Waals surface area contributed by atoms with Gasteiger partial charge in [-0.2, -0.15) is 0 Å². The quantitative estimate of drug-likeness (QED) is 0.791. The Hall–Kier alpha value is -2.50. The predicted octanol–water partition coefficient (Wildman–Crippen LogP) is 2.18. The topological polar surface area (TPSA) is 65.4 Å². The lowest BCUT2D eigenvalue weighted by Gasteiger charge is -2.24. The number of amides is 1. The first-order valence-electron chi connectivity index (χ1n) is 8.31. The molecule has 0 aliphatic carbocycles. The molecule has 1 aromatic heterocycles. The van der Waals surface area contributed by atoms with Gasteiger partial charge in [-0.25, -0.2) is 4.98 Å². The summed E-state index contributed by atoms with van der Waals surface area (Å²) in [7, 11) is 1.63. The molecule has 2 heterocycles. The van der Waals surface area contributed by atoms with E-state index < -0.39 is 0 Å². The number of imidazole rings is 1. The van der Waals surface area contributed by atoms with Crippen molar-refractivity contribution in [2.45, 2.75) is 38.3 Å². The number of fused-ring (bicyclic) bond motifs is 1. The number of hydrogen-bond acceptors (Lipinski definition) is 4. The van der Waals surface area contributed by atoms with Gasteiger partial charge in [0.1, 0.15) is 17.3 Å². The summed E-state index contributed by atoms with van der Waals surface area (Å²) in [6, 6.07) is 7.64. The SMILES string of the molecule is COc1ccc(OCCCC(=O)NC2CCc3nccn3C2)cc1. The number of hydrogen-bond donors (Lipinski definition) is 1. The lowest BCUT2D eigenvalue weighted by molar-refractivity contribution is -0.122. The molecule has 24 heavy (non-hydrogen) atoms. The van der Waals surface area contributed by atoms with Crippen LogP contribution in [0.4, 0.5) is 0 Å². The Balaban J connectivity index is 1.34. The van der Waals surface area contributed by atoms with Crippen molar-refractivity contribution in [1.82, 2.24) is 14.9 Å². The number of rotatable bonds is 7. The minimum absolute atomic E-state index is 0.0851. The van der Waals surface area contributed by atoms with E-state index in [4.69, 9.17) is 9.47 Å². The molecule has 2 aromatic rings. The van der Waals surface area contributed by atoms with Crippen LogP contribution in [0.2, 0.25) is 0 Å². The van der Waals surface area contributed by atoms with E-state index in [1.54, 1.807) is 7.11 Å². The largest absolute Gasteiger partial charge is 0.497 e. The van der Waals surface area contributed by atoms with Crippen LogP contribution < -0.4 is 14.8 Å². The Labute approximate surface area is 141 Å². The number of nitrogens with zero attached hydrogens (tertiary/aromatic N) is 2. The fourth-order valence-electron chi connectivity index (χ4n) is 2.88. The first-order chi connectivity index (χ1) is 11.7. The number of aromatic nitrogens is 2. The second-order valence-corrected chi connectivity index (χ2v) is 5.93. The third-order valence-electron chi connectivity index (χ3n) is 4.18. The van der Waals surface area contributed by atoms with Crippen LogP contribution in [0.5, 0.6) is 11.5 Å². The normalized spacial score (nSPS) is 16.3. The molecule has 128 valence electrons. The molecule has 3 rings (SSSR count). The van der Waals surface area contributed by atoms with Crippen molar-refractivity contribution in [2.24, 2.45) is 0 Å². The Kier molecular flexibility index (Phi) is 5.36. The smallest absolute Gasteiger partial charge is 0.220 e. The molecule has 1 aliphatic heterocycles. The Morgan fingerprint density at radius 1 is 1.33 bits per heavy atom. The van der Waals surface area contributed by atoms with Gasteiger partial charge in [0, 0.05) is 37.8 Å². The van der Waals surface area contributed by atoms with Crippen molar-refractivity contribution in [1.29, 1.82) is 0 Å². The van der Waals surface area contributed by atoms with Crippen LogP contribution in [0, 0.1) is 0 Å². The summed E-state index contributed by atoms with van der Waals surface area (Å²) in [6.45, 7) is 1.33. The molecule has 6 heteroatoms. The van der Waals surface area contributed by atoms with E-state index in [2.05, 4.69) is 14.9 Å². The van der Waals surface area contributed by atoms with Crippen molar-refractivity contribution in [2.75, 3.05) is 13.7 Å². The summed E-state index contributed by atoms with van der Waals surface area (Å²) in [5.41, 5.74) is 0. The highest BCUT2D eigenvalue weighted by Crippen LogP contribution is 2.17. The van der Waals surface area contributed by atoms with Gasteiger partial charge >= 0.3 is 0 Å². The van der Waals surface area contributed by atoms with Gasteiger partial charge < -0.3 is 19.4 Å². The first kappa shape index (κ1) is 16.4. The van der Waals surface area contributed by atoms with Crippen molar-refractivity contribution in [3.63, 3.8) is 0 Å². The average molecular weight is 329 g/mol. The summed E-state index contributed by atoms with van der Waals surface area (Å²) in [4.78, 5) is 16.3. The zero-order chi connectivity index (χ0) is 16.8. The highest BCUT2D eigenvalue weighted by molar-refractivity contribution is 5.76. The Bertz CT molecular complexity index is 666. The summed E-state index contributed by atoms with van der Waals surface area (Å²) >= 11 is 0. The molecule has 6 nitrogen and oxygen atoms in total. The monoisotopic (exact) mass is 329 g/mol. The molecular formula is C18H23N3O3. The highest BCUT2D eigenvalue weighted by Gasteiger charge is 2.19. The minimum atomic E-state index is 0.0851. The van der Waals surface area contributed by atoms with Gasteiger partial charge in [-0.05, 0) is 37.1 Å². The molecule has 0 fully saturated rings. The minimum Gasteiger partial charge on any atom is -0.497 e. The number of aryl methyl sites for hydroxylation is 1. The summed E-state index contributed by atoms with van der Waals surface area (Å²) in [6.07, 6.45) is 6.82. The average Bonchev–Trinajstić information content (AvgIpc) is 3.07. The number of ether oxygens (including phenoxy) is 2. The van der Waals surface area contributed by atoms with Gasteiger partial charge in [-0.3, -0.25) is 4.79 Å². The lowest BCUT2D eigenvalue weighted by Crippen LogP contribution is -2.40. The number of methoxy groups -OCH3 is 1. The van der Waals surface area contributed by atoms with Gasteiger partial charge in [0.05, 0.1) is 13.7 Å². The van der Waals surface area contributed by atoms with Gasteiger partial charge in [-0.1, -0.05) is 0 Å². The van der Waals surface area contributed by atoms with Crippen molar-refractivity contribution in [3.05, 3.63) is 42.5 Å². The summed E-state index contributed by atoms with van der Waals surface area (Å²) in [5.74, 6) is 2.78. The zero-order valence-corrected chi connectivity index (χ0v) is 13.9. The van der Waals surface area contributed by atoms with Crippen LogP contribution in [0.1, 0.15) is 25.1 Å². The summed E-state index contributed by atoms with van der Waals surface area (Å²) in [5, 5.41) is 3.10. The van der Waals surface area contributed by atoms with Crippen LogP contribution in [0.3, 0.4) is 0 Å². The first-order valence-corrected chi connectivity index (χ1v) is 8.31. The van der Waals surface area contributed by atoms with Gasteiger partial charge in [0.15, 0.2) is 0 Å². The second kappa shape index (κ2) is 7.86. The van der Waals surface area contributed by atoms with Crippen LogP contribution in [-0.2, 0) is 17.8 Å². The van der Waals surface area contributed by atoms with Gasteiger partial charge in [0.2, 0.25) is 5.91 Å². The fraction of sp³-hybridized carbons (Fsp3) is 0.444. The van der Waals surface area contributed by atoms with Crippen LogP contribution >= 0.6 is 0 Å². The Morgan fingerprint density at radius 3 is 2.92 bits per heavy atom. The molecule has 1 N–H and O–H groups in total. The van der Waals surface area contributed by atoms with Gasteiger partial charge in [0.25, 0.3) is 0 Å². The van der Waals surface area contributed by atoms with E-state index in [1.807, 2.05) is 36.7 Å². The van der Waals surface area contributed by atoms with E-state index in [-0.39, 0.29) is 11.9 Å². The zero-order valence-electron chi connectivity index (χ0n) is 13.9. The third-order valence-corrected chi connectivity index (χ3v) is 4.18. The molecule has 1 amide bonds. The molecule has 1 aromatic carbocycles. The molecule has 0 bridgehead atoms. The van der Waals surface area contributed by atoms with Crippen molar-refractivity contribution < 1.29 is 14.3 Å². The Morgan fingerprint density at radius 2 is 2.12 bits per heavy atom. The predicted molar refractivity (Wildman–Crippen MR) is 90.2 cm³/mol. The third kappa shape index (κ3) is 4.28. The molecule has 0 saturated carbocycles. The van der Waals surface area contributed by atoms with E-state index >= 15 is 0 Å². The number of carbonyl (C=O) groups excluding carboxylic acids is 1. The molecule has 0 saturated heterocycles. The maximum Gasteiger partial charge on any atom is 0.220 e. The highest BCUT2D eigenvalue weighted by atomic mass is 16.5. The maximum atomic E-state index is 12.0. The van der Waals surface area contributed by atoms with Crippen LogP contribution in [0.15, 0.2) is 36.7 Å². The molecule has 1 aliphatic rings. The number of nitrogens with one attached hydrogen (secondary N) is 1. The number of carbonyl (C=O) groups is 1. The molecule has 1 unspecified atom stereocenters. The number of benzene rings is 1. The van der Waals surface area contributed by atoms with E-state index in [0.29, 0.717) is 19.4 Å².